The van der Waals surface area contributed by atoms with Crippen LogP contribution in [0.1, 0.15) is 44.9 Å². The number of β-amino-alcohol motifs (C(OH)–C–C–N with tert-alkyl or cyclic N) is 1. The molecule has 2 saturated carbocycles. The fraction of sp³-hybridized carbons (Fsp3) is 0.944. The van der Waals surface area contributed by atoms with Crippen LogP contribution >= 0.6 is 0 Å². The molecule has 2 saturated heterocycles. The summed E-state index contributed by atoms with van der Waals surface area (Å²) in [5, 5.41) is 10.9. The van der Waals surface area contributed by atoms with E-state index in [1.54, 1.807) is 0 Å². The van der Waals surface area contributed by atoms with E-state index >= 15 is 0 Å². The number of hydrogen-bond donors (Lipinski definition) is 1. The molecule has 4 rings (SSSR count). The van der Waals surface area contributed by atoms with Gasteiger partial charge in [-0.05, 0) is 37.5 Å². The van der Waals surface area contributed by atoms with Crippen molar-refractivity contribution < 1.29 is 14.6 Å². The van der Waals surface area contributed by atoms with Crippen LogP contribution in [-0.2, 0) is 9.53 Å². The highest BCUT2D eigenvalue weighted by molar-refractivity contribution is 5.83. The number of ether oxygens (including phenoxy) is 1. The molecule has 130 valence electrons. The van der Waals surface area contributed by atoms with E-state index in [4.69, 9.17) is 4.74 Å². The van der Waals surface area contributed by atoms with E-state index in [-0.39, 0.29) is 0 Å². The van der Waals surface area contributed by atoms with Crippen molar-refractivity contribution in [3.8, 4) is 0 Å². The maximum Gasteiger partial charge on any atom is 0.226 e. The summed E-state index contributed by atoms with van der Waals surface area (Å²) in [6, 6.07) is 0. The van der Waals surface area contributed by atoms with E-state index < -0.39 is 5.60 Å². The van der Waals surface area contributed by atoms with E-state index in [2.05, 4.69) is 4.90 Å². The van der Waals surface area contributed by atoms with Crippen molar-refractivity contribution in [3.05, 3.63) is 0 Å². The summed E-state index contributed by atoms with van der Waals surface area (Å²) >= 11 is 0. The number of aliphatic hydroxyl groups is 1. The van der Waals surface area contributed by atoms with Gasteiger partial charge in [-0.25, -0.2) is 0 Å². The molecule has 1 atom stereocenters. The molecule has 1 unspecified atom stereocenters. The molecule has 2 aliphatic carbocycles. The Kier molecular flexibility index (Phi) is 4.14. The minimum Gasteiger partial charge on any atom is -0.388 e. The van der Waals surface area contributed by atoms with E-state index in [9.17, 15) is 9.90 Å². The predicted octanol–water partition coefficient (Wildman–Crippen LogP) is 1.25. The van der Waals surface area contributed by atoms with Crippen molar-refractivity contribution in [1.29, 1.82) is 0 Å². The molecule has 5 heteroatoms. The fourth-order valence-corrected chi connectivity index (χ4v) is 5.03. The monoisotopic (exact) mass is 322 g/mol. The summed E-state index contributed by atoms with van der Waals surface area (Å²) in [7, 11) is 0. The zero-order valence-corrected chi connectivity index (χ0v) is 14.1. The van der Waals surface area contributed by atoms with Crippen molar-refractivity contribution in [1.82, 2.24) is 9.80 Å². The average Bonchev–Trinajstić information content (AvgIpc) is 3.05. The van der Waals surface area contributed by atoms with E-state index in [0.29, 0.717) is 17.2 Å². The summed E-state index contributed by atoms with van der Waals surface area (Å²) in [6.45, 7) is 5.55. The molecule has 1 N–H and O–H groups in total. The van der Waals surface area contributed by atoms with Gasteiger partial charge in [0, 0.05) is 38.6 Å². The summed E-state index contributed by atoms with van der Waals surface area (Å²) in [4.78, 5) is 17.1. The van der Waals surface area contributed by atoms with Crippen LogP contribution in [0.15, 0.2) is 0 Å². The number of carbonyl (C=O) groups excluding carboxylic acids is 1. The molecule has 4 aliphatic rings. The Labute approximate surface area is 139 Å². The molecular formula is C18H30N2O3. The Hall–Kier alpha value is -0.650. The van der Waals surface area contributed by atoms with E-state index in [0.717, 1.165) is 65.2 Å². The number of nitrogens with zero attached hydrogens (tertiary/aromatic N) is 2. The second-order valence-electron chi connectivity index (χ2n) is 8.26. The number of rotatable bonds is 3. The van der Waals surface area contributed by atoms with Crippen molar-refractivity contribution >= 4 is 5.91 Å². The first-order valence-electron chi connectivity index (χ1n) is 9.42. The molecule has 0 radical (unpaired) electrons. The lowest BCUT2D eigenvalue weighted by atomic mass is 9.90. The molecule has 0 aromatic carbocycles. The van der Waals surface area contributed by atoms with Crippen LogP contribution in [0.4, 0.5) is 0 Å². The van der Waals surface area contributed by atoms with Gasteiger partial charge in [0.2, 0.25) is 5.91 Å². The second-order valence-corrected chi connectivity index (χ2v) is 8.26. The Morgan fingerprint density at radius 2 is 1.70 bits per heavy atom. The average molecular weight is 322 g/mol. The molecule has 2 heterocycles. The number of amides is 1. The van der Waals surface area contributed by atoms with Crippen LogP contribution in [0.2, 0.25) is 0 Å². The number of morpholine rings is 1. The van der Waals surface area contributed by atoms with Crippen LogP contribution in [0.3, 0.4) is 0 Å². The van der Waals surface area contributed by atoms with E-state index in [1.165, 1.54) is 25.7 Å². The van der Waals surface area contributed by atoms with Crippen LogP contribution in [0, 0.1) is 11.3 Å². The Balaban J connectivity index is 1.28. The summed E-state index contributed by atoms with van der Waals surface area (Å²) < 4.78 is 5.37. The zero-order chi connectivity index (χ0) is 15.9. The Morgan fingerprint density at radius 1 is 1.04 bits per heavy atom. The lowest BCUT2D eigenvalue weighted by Crippen LogP contribution is -2.54. The predicted molar refractivity (Wildman–Crippen MR) is 87.0 cm³/mol. The molecule has 2 aliphatic heterocycles. The molecule has 1 spiro atoms. The van der Waals surface area contributed by atoms with Crippen molar-refractivity contribution in [2.75, 3.05) is 45.9 Å². The topological polar surface area (TPSA) is 53.0 Å². The maximum atomic E-state index is 12.7. The molecule has 1 amide bonds. The summed E-state index contributed by atoms with van der Waals surface area (Å²) in [5.41, 5.74) is -0.235. The molecule has 4 fully saturated rings. The minimum atomic E-state index is -0.622. The van der Waals surface area contributed by atoms with Crippen molar-refractivity contribution in [2.45, 2.75) is 50.5 Å². The van der Waals surface area contributed by atoms with Gasteiger partial charge in [-0.1, -0.05) is 12.8 Å². The fourth-order valence-electron chi connectivity index (χ4n) is 5.03. The molecular weight excluding hydrogens is 292 g/mol. The maximum absolute atomic E-state index is 12.7. The van der Waals surface area contributed by atoms with Gasteiger partial charge in [-0.15, -0.1) is 0 Å². The van der Waals surface area contributed by atoms with Crippen molar-refractivity contribution in [3.63, 3.8) is 0 Å². The first-order chi connectivity index (χ1) is 11.1. The zero-order valence-electron chi connectivity index (χ0n) is 14.1. The van der Waals surface area contributed by atoms with Crippen molar-refractivity contribution in [2.24, 2.45) is 11.3 Å². The largest absolute Gasteiger partial charge is 0.388 e. The normalized spacial score (nSPS) is 33.1. The van der Waals surface area contributed by atoms with Gasteiger partial charge in [0.15, 0.2) is 0 Å². The first kappa shape index (κ1) is 15.9. The standard InChI is InChI=1S/C18H30N2O3/c21-16(15-13-17(15)3-1-2-4-17)20-7-5-18(22,6-8-20)14-19-9-11-23-12-10-19/h15,22H,1-14H2. The Bertz CT molecular complexity index is 447. The van der Waals surface area contributed by atoms with Gasteiger partial charge in [-0.2, -0.15) is 0 Å². The van der Waals surface area contributed by atoms with Gasteiger partial charge in [-0.3, -0.25) is 9.69 Å². The van der Waals surface area contributed by atoms with Gasteiger partial charge in [0.05, 0.1) is 18.8 Å². The highest BCUT2D eigenvalue weighted by atomic mass is 16.5. The molecule has 0 bridgehead atoms. The Morgan fingerprint density at radius 3 is 2.35 bits per heavy atom. The number of piperidine rings is 1. The summed E-state index contributed by atoms with van der Waals surface area (Å²) in [6.07, 6.45) is 7.70. The molecule has 23 heavy (non-hydrogen) atoms. The quantitative estimate of drug-likeness (QED) is 0.850. The van der Waals surface area contributed by atoms with Gasteiger partial charge in [0.1, 0.15) is 0 Å². The number of carbonyl (C=O) groups is 1. The van der Waals surface area contributed by atoms with E-state index in [1.807, 2.05) is 4.90 Å². The van der Waals surface area contributed by atoms with Gasteiger partial charge >= 0.3 is 0 Å². The first-order valence-corrected chi connectivity index (χ1v) is 9.42. The van der Waals surface area contributed by atoms with Crippen LogP contribution in [0.25, 0.3) is 0 Å². The summed E-state index contributed by atoms with van der Waals surface area (Å²) in [5.74, 6) is 0.677. The smallest absolute Gasteiger partial charge is 0.226 e. The third kappa shape index (κ3) is 3.15. The highest BCUT2D eigenvalue weighted by Crippen LogP contribution is 2.63. The third-order valence-electron chi connectivity index (χ3n) is 6.71. The van der Waals surface area contributed by atoms with Gasteiger partial charge in [0.25, 0.3) is 0 Å². The SMILES string of the molecule is O=C(C1CC12CCCC2)N1CCC(O)(CN2CCOCC2)CC1. The second kappa shape index (κ2) is 6.01. The number of likely N-dealkylation sites (tertiary alicyclic amines) is 1. The van der Waals surface area contributed by atoms with Crippen LogP contribution in [-0.4, -0.2) is 72.4 Å². The third-order valence-corrected chi connectivity index (χ3v) is 6.71. The minimum absolute atomic E-state index is 0.301. The molecule has 5 nitrogen and oxygen atoms in total. The van der Waals surface area contributed by atoms with Gasteiger partial charge < -0.3 is 14.7 Å². The van der Waals surface area contributed by atoms with Crippen LogP contribution in [0.5, 0.6) is 0 Å². The highest BCUT2D eigenvalue weighted by Gasteiger charge is 2.59. The molecule has 0 aromatic rings. The lowest BCUT2D eigenvalue weighted by Gasteiger charge is -2.42. The number of hydrogen-bond acceptors (Lipinski definition) is 4. The molecule has 0 aromatic heterocycles. The van der Waals surface area contributed by atoms with Crippen LogP contribution < -0.4 is 0 Å². The lowest BCUT2D eigenvalue weighted by molar-refractivity contribution is -0.138.